The van der Waals surface area contributed by atoms with Crippen LogP contribution in [0.3, 0.4) is 0 Å². The van der Waals surface area contributed by atoms with E-state index in [1.807, 2.05) is 23.1 Å². The average molecular weight is 259 g/mol. The fourth-order valence-electron chi connectivity index (χ4n) is 3.12. The van der Waals surface area contributed by atoms with Gasteiger partial charge in [-0.15, -0.1) is 0 Å². The number of nitrogens with two attached hydrogens (primary N) is 2. The Hall–Kier alpha value is -1.55. The van der Waals surface area contributed by atoms with Gasteiger partial charge in [-0.3, -0.25) is 4.79 Å². The van der Waals surface area contributed by atoms with E-state index in [-0.39, 0.29) is 11.4 Å². The third-order valence-corrected chi connectivity index (χ3v) is 4.44. The molecule has 0 radical (unpaired) electrons. The van der Waals surface area contributed by atoms with Crippen LogP contribution in [0, 0.1) is 0 Å². The molecule has 102 valence electrons. The molecule has 1 aromatic rings. The summed E-state index contributed by atoms with van der Waals surface area (Å²) < 4.78 is 0. The van der Waals surface area contributed by atoms with Crippen LogP contribution in [0.15, 0.2) is 18.2 Å². The fourth-order valence-corrected chi connectivity index (χ4v) is 3.12. The molecule has 1 aliphatic carbocycles. The summed E-state index contributed by atoms with van der Waals surface area (Å²) >= 11 is 0. The zero-order valence-electron chi connectivity index (χ0n) is 11.2. The fraction of sp³-hybridized carbons (Fsp3) is 0.533. The predicted molar refractivity (Wildman–Crippen MR) is 76.9 cm³/mol. The molecule has 1 heterocycles. The van der Waals surface area contributed by atoms with Crippen molar-refractivity contribution < 1.29 is 4.79 Å². The highest BCUT2D eigenvalue weighted by molar-refractivity contribution is 5.96. The quantitative estimate of drug-likeness (QED) is 0.796. The maximum Gasteiger partial charge on any atom is 0.228 e. The van der Waals surface area contributed by atoms with Crippen LogP contribution in [-0.2, 0) is 11.2 Å². The van der Waals surface area contributed by atoms with Gasteiger partial charge in [-0.2, -0.15) is 0 Å². The van der Waals surface area contributed by atoms with Crippen LogP contribution in [0.25, 0.3) is 0 Å². The lowest BCUT2D eigenvalue weighted by atomic mass is 9.75. The zero-order valence-corrected chi connectivity index (χ0v) is 11.2. The molecule has 0 atom stereocenters. The van der Waals surface area contributed by atoms with E-state index >= 15 is 0 Å². The van der Waals surface area contributed by atoms with E-state index in [9.17, 15) is 4.79 Å². The van der Waals surface area contributed by atoms with Crippen molar-refractivity contribution in [2.24, 2.45) is 5.73 Å². The SMILES string of the molecule is Nc1cccc2c1CCCN2C(=O)CC1(N)CCC1. The molecule has 1 aromatic carbocycles. The Balaban J connectivity index is 1.83. The van der Waals surface area contributed by atoms with Crippen LogP contribution in [-0.4, -0.2) is 18.0 Å². The molecule has 1 amide bonds. The van der Waals surface area contributed by atoms with E-state index in [2.05, 4.69) is 0 Å². The maximum atomic E-state index is 12.5. The molecule has 1 fully saturated rings. The summed E-state index contributed by atoms with van der Waals surface area (Å²) in [4.78, 5) is 14.4. The smallest absolute Gasteiger partial charge is 0.228 e. The summed E-state index contributed by atoms with van der Waals surface area (Å²) in [6.45, 7) is 0.783. The highest BCUT2D eigenvalue weighted by Gasteiger charge is 2.37. The molecule has 2 aliphatic rings. The van der Waals surface area contributed by atoms with E-state index in [0.29, 0.717) is 6.42 Å². The monoisotopic (exact) mass is 259 g/mol. The van der Waals surface area contributed by atoms with Crippen molar-refractivity contribution in [1.29, 1.82) is 0 Å². The second-order valence-corrected chi connectivity index (χ2v) is 5.89. The third-order valence-electron chi connectivity index (χ3n) is 4.44. The molecule has 19 heavy (non-hydrogen) atoms. The van der Waals surface area contributed by atoms with Crippen LogP contribution < -0.4 is 16.4 Å². The lowest BCUT2D eigenvalue weighted by Crippen LogP contribution is -2.51. The molecule has 0 unspecified atom stereocenters. The Bertz CT molecular complexity index is 508. The van der Waals surface area contributed by atoms with Gasteiger partial charge in [0.05, 0.1) is 0 Å². The summed E-state index contributed by atoms with van der Waals surface area (Å²) in [6, 6.07) is 5.82. The summed E-state index contributed by atoms with van der Waals surface area (Å²) in [7, 11) is 0. The van der Waals surface area contributed by atoms with Gasteiger partial charge in [-0.1, -0.05) is 6.07 Å². The Kier molecular flexibility index (Phi) is 2.97. The van der Waals surface area contributed by atoms with Gasteiger partial charge in [0.25, 0.3) is 0 Å². The second kappa shape index (κ2) is 4.53. The van der Waals surface area contributed by atoms with Crippen LogP contribution in [0.2, 0.25) is 0 Å². The molecule has 4 N–H and O–H groups in total. The predicted octanol–water partition coefficient (Wildman–Crippen LogP) is 1.82. The largest absolute Gasteiger partial charge is 0.398 e. The minimum atomic E-state index is -0.255. The van der Waals surface area contributed by atoms with Crippen molar-refractivity contribution in [2.45, 2.75) is 44.1 Å². The van der Waals surface area contributed by atoms with Gasteiger partial charge in [0.1, 0.15) is 0 Å². The average Bonchev–Trinajstić information content (AvgIpc) is 2.37. The van der Waals surface area contributed by atoms with Crippen molar-refractivity contribution >= 4 is 17.3 Å². The highest BCUT2D eigenvalue weighted by atomic mass is 16.2. The Morgan fingerprint density at radius 2 is 2.11 bits per heavy atom. The molecule has 3 rings (SSSR count). The van der Waals surface area contributed by atoms with E-state index in [0.717, 1.165) is 55.6 Å². The molecule has 0 bridgehead atoms. The number of anilines is 2. The van der Waals surface area contributed by atoms with Crippen LogP contribution in [0.4, 0.5) is 11.4 Å². The molecule has 4 nitrogen and oxygen atoms in total. The first kappa shape index (κ1) is 12.5. The lowest BCUT2D eigenvalue weighted by Gasteiger charge is -2.40. The normalized spacial score (nSPS) is 20.6. The number of nitrogen functional groups attached to an aromatic ring is 1. The van der Waals surface area contributed by atoms with E-state index < -0.39 is 0 Å². The Morgan fingerprint density at radius 1 is 1.32 bits per heavy atom. The van der Waals surface area contributed by atoms with Crippen LogP contribution in [0.1, 0.15) is 37.7 Å². The van der Waals surface area contributed by atoms with Crippen molar-refractivity contribution in [1.82, 2.24) is 0 Å². The first-order valence-corrected chi connectivity index (χ1v) is 7.06. The number of hydrogen-bond donors (Lipinski definition) is 2. The third kappa shape index (κ3) is 2.21. The van der Waals surface area contributed by atoms with Gasteiger partial charge in [0.15, 0.2) is 0 Å². The molecule has 1 aliphatic heterocycles. The topological polar surface area (TPSA) is 72.3 Å². The van der Waals surface area contributed by atoms with Gasteiger partial charge in [-0.25, -0.2) is 0 Å². The highest BCUT2D eigenvalue weighted by Crippen LogP contribution is 2.36. The standard InChI is InChI=1S/C15H21N3O/c16-12-5-1-6-13-11(12)4-2-9-18(13)14(19)10-15(17)7-3-8-15/h1,5-6H,2-4,7-10,16-17H2. The zero-order chi connectivity index (χ0) is 13.5. The second-order valence-electron chi connectivity index (χ2n) is 5.89. The molecular weight excluding hydrogens is 238 g/mol. The molecule has 0 aromatic heterocycles. The Morgan fingerprint density at radius 3 is 2.79 bits per heavy atom. The minimum Gasteiger partial charge on any atom is -0.398 e. The number of benzene rings is 1. The molecule has 1 saturated carbocycles. The number of nitrogens with zero attached hydrogens (tertiary/aromatic N) is 1. The maximum absolute atomic E-state index is 12.5. The lowest BCUT2D eigenvalue weighted by molar-refractivity contribution is -0.120. The van der Waals surface area contributed by atoms with Crippen molar-refractivity contribution in [3.8, 4) is 0 Å². The van der Waals surface area contributed by atoms with Crippen molar-refractivity contribution in [2.75, 3.05) is 17.2 Å². The molecule has 4 heteroatoms. The number of hydrogen-bond acceptors (Lipinski definition) is 3. The molecular formula is C15H21N3O. The number of amides is 1. The van der Waals surface area contributed by atoms with Crippen molar-refractivity contribution in [3.63, 3.8) is 0 Å². The summed E-state index contributed by atoms with van der Waals surface area (Å²) in [6.07, 6.45) is 5.48. The molecule has 0 saturated heterocycles. The first-order chi connectivity index (χ1) is 9.09. The summed E-state index contributed by atoms with van der Waals surface area (Å²) in [5.41, 5.74) is 14.8. The number of rotatable bonds is 2. The van der Waals surface area contributed by atoms with Gasteiger partial charge < -0.3 is 16.4 Å². The van der Waals surface area contributed by atoms with Gasteiger partial charge in [0, 0.05) is 29.9 Å². The first-order valence-electron chi connectivity index (χ1n) is 7.06. The minimum absolute atomic E-state index is 0.147. The number of fused-ring (bicyclic) bond motifs is 1. The summed E-state index contributed by atoms with van der Waals surface area (Å²) in [5.74, 6) is 0.147. The van der Waals surface area contributed by atoms with Crippen molar-refractivity contribution in [3.05, 3.63) is 23.8 Å². The van der Waals surface area contributed by atoms with Crippen LogP contribution in [0.5, 0.6) is 0 Å². The Labute approximate surface area is 113 Å². The summed E-state index contributed by atoms with van der Waals surface area (Å²) in [5, 5.41) is 0. The van der Waals surface area contributed by atoms with Crippen LogP contribution >= 0.6 is 0 Å². The van der Waals surface area contributed by atoms with Gasteiger partial charge in [-0.05, 0) is 49.8 Å². The van der Waals surface area contributed by atoms with E-state index in [1.54, 1.807) is 0 Å². The number of carbonyl (C=O) groups excluding carboxylic acids is 1. The number of carbonyl (C=O) groups is 1. The van der Waals surface area contributed by atoms with Gasteiger partial charge in [0.2, 0.25) is 5.91 Å². The molecule has 0 spiro atoms. The van der Waals surface area contributed by atoms with E-state index in [4.69, 9.17) is 11.5 Å². The van der Waals surface area contributed by atoms with E-state index in [1.165, 1.54) is 0 Å². The van der Waals surface area contributed by atoms with Gasteiger partial charge >= 0.3 is 0 Å².